The Morgan fingerprint density at radius 3 is 2.69 bits per heavy atom. The zero-order chi connectivity index (χ0) is 11.8. The molecule has 0 amide bonds. The van der Waals surface area contributed by atoms with E-state index in [1.807, 2.05) is 38.1 Å². The topological polar surface area (TPSA) is 45.1 Å². The number of thiazole rings is 1. The second-order valence-electron chi connectivity index (χ2n) is 4.51. The van der Waals surface area contributed by atoms with Gasteiger partial charge in [-0.05, 0) is 32.9 Å². The number of nitrogens with zero attached hydrogens (tertiary/aromatic N) is 1. The molecule has 2 N–H and O–H groups in total. The van der Waals surface area contributed by atoms with Crippen molar-refractivity contribution in [3.8, 4) is 0 Å². The lowest BCUT2D eigenvalue weighted by atomic mass is 9.99. The molecule has 1 atom stereocenters. The van der Waals surface area contributed by atoms with Crippen molar-refractivity contribution < 1.29 is 5.11 Å². The molecule has 3 nitrogen and oxygen atoms in total. The van der Waals surface area contributed by atoms with E-state index in [1.54, 1.807) is 18.3 Å². The zero-order valence-corrected chi connectivity index (χ0v) is 10.5. The Kier molecular flexibility index (Phi) is 2.86. The van der Waals surface area contributed by atoms with Gasteiger partial charge in [0.05, 0.1) is 21.9 Å². The van der Waals surface area contributed by atoms with Gasteiger partial charge in [0.25, 0.3) is 0 Å². The van der Waals surface area contributed by atoms with E-state index in [4.69, 9.17) is 0 Å². The van der Waals surface area contributed by atoms with Crippen LogP contribution >= 0.6 is 11.3 Å². The molecule has 1 aromatic carbocycles. The number of aliphatic hydroxyl groups is 1. The molecule has 0 radical (unpaired) electrons. The summed E-state index contributed by atoms with van der Waals surface area (Å²) in [6, 6.07) is 8.02. The lowest BCUT2D eigenvalue weighted by Gasteiger charge is -2.28. The van der Waals surface area contributed by atoms with Crippen LogP contribution in [0.2, 0.25) is 0 Å². The lowest BCUT2D eigenvalue weighted by molar-refractivity contribution is 0.133. The number of benzene rings is 1. The summed E-state index contributed by atoms with van der Waals surface area (Å²) in [5.41, 5.74) is 0.629. The molecule has 0 bridgehead atoms. The van der Waals surface area contributed by atoms with Crippen molar-refractivity contribution in [3.05, 3.63) is 24.3 Å². The number of nitrogens with one attached hydrogen (secondary N) is 1. The molecule has 2 aromatic rings. The number of fused-ring (bicyclic) bond motifs is 1. The van der Waals surface area contributed by atoms with Gasteiger partial charge in [0, 0.05) is 0 Å². The Morgan fingerprint density at radius 1 is 1.38 bits per heavy atom. The van der Waals surface area contributed by atoms with Crippen LogP contribution in [0.3, 0.4) is 0 Å². The number of aliphatic hydroxyl groups excluding tert-OH is 1. The molecule has 1 unspecified atom stereocenters. The van der Waals surface area contributed by atoms with E-state index < -0.39 is 6.10 Å². The second kappa shape index (κ2) is 4.03. The fourth-order valence-electron chi connectivity index (χ4n) is 1.31. The van der Waals surface area contributed by atoms with Crippen LogP contribution in [0.25, 0.3) is 10.2 Å². The molecule has 0 aliphatic rings. The van der Waals surface area contributed by atoms with Crippen LogP contribution in [-0.4, -0.2) is 21.7 Å². The first-order chi connectivity index (χ1) is 7.49. The summed E-state index contributed by atoms with van der Waals surface area (Å²) in [7, 11) is 0. The molecule has 0 aliphatic heterocycles. The van der Waals surface area contributed by atoms with Gasteiger partial charge in [-0.15, -0.1) is 0 Å². The Labute approximate surface area is 99.1 Å². The minimum absolute atomic E-state index is 0.367. The summed E-state index contributed by atoms with van der Waals surface area (Å²) in [6.07, 6.45) is -0.431. The number of anilines is 1. The van der Waals surface area contributed by atoms with E-state index in [2.05, 4.69) is 10.3 Å². The number of hydrogen-bond acceptors (Lipinski definition) is 4. The highest BCUT2D eigenvalue weighted by Crippen LogP contribution is 2.28. The van der Waals surface area contributed by atoms with Gasteiger partial charge in [-0.25, -0.2) is 4.98 Å². The minimum atomic E-state index is -0.431. The van der Waals surface area contributed by atoms with E-state index in [0.29, 0.717) is 0 Å². The van der Waals surface area contributed by atoms with Crippen LogP contribution < -0.4 is 5.32 Å². The predicted molar refractivity (Wildman–Crippen MR) is 69.0 cm³/mol. The number of para-hydroxylation sites is 1. The fraction of sp³-hybridized carbons (Fsp3) is 0.417. The molecule has 0 saturated carbocycles. The van der Waals surface area contributed by atoms with E-state index in [0.717, 1.165) is 15.3 Å². The third kappa shape index (κ3) is 2.18. The van der Waals surface area contributed by atoms with Gasteiger partial charge in [-0.3, -0.25) is 0 Å². The van der Waals surface area contributed by atoms with Gasteiger partial charge in [0.1, 0.15) is 0 Å². The molecule has 1 heterocycles. The average Bonchev–Trinajstić information content (AvgIpc) is 2.58. The SMILES string of the molecule is CC(O)C(C)(C)Nc1nc2ccccc2s1. The maximum absolute atomic E-state index is 9.63. The predicted octanol–water partition coefficient (Wildman–Crippen LogP) is 2.87. The summed E-state index contributed by atoms with van der Waals surface area (Å²) in [6.45, 7) is 5.70. The highest BCUT2D eigenvalue weighted by Gasteiger charge is 2.24. The largest absolute Gasteiger partial charge is 0.391 e. The summed E-state index contributed by atoms with van der Waals surface area (Å²) in [5.74, 6) is 0. The molecule has 0 fully saturated rings. The number of hydrogen-bond donors (Lipinski definition) is 2. The monoisotopic (exact) mass is 236 g/mol. The van der Waals surface area contributed by atoms with Crippen LogP contribution in [0.4, 0.5) is 5.13 Å². The van der Waals surface area contributed by atoms with Crippen LogP contribution in [0.5, 0.6) is 0 Å². The van der Waals surface area contributed by atoms with Gasteiger partial charge in [0.15, 0.2) is 5.13 Å². The number of rotatable bonds is 3. The Hall–Kier alpha value is -1.13. The summed E-state index contributed by atoms with van der Waals surface area (Å²) < 4.78 is 1.16. The van der Waals surface area contributed by atoms with Gasteiger partial charge < -0.3 is 10.4 Å². The first-order valence-corrected chi connectivity index (χ1v) is 6.12. The van der Waals surface area contributed by atoms with Crippen molar-refractivity contribution in [3.63, 3.8) is 0 Å². The maximum atomic E-state index is 9.63. The highest BCUT2D eigenvalue weighted by atomic mass is 32.1. The normalized spacial score (nSPS) is 14.0. The van der Waals surface area contributed by atoms with Crippen molar-refractivity contribution in [1.29, 1.82) is 0 Å². The van der Waals surface area contributed by atoms with Crippen LogP contribution in [0.1, 0.15) is 20.8 Å². The molecule has 4 heteroatoms. The first kappa shape index (κ1) is 11.4. The molecular formula is C12H16N2OS. The zero-order valence-electron chi connectivity index (χ0n) is 9.69. The maximum Gasteiger partial charge on any atom is 0.184 e. The van der Waals surface area contributed by atoms with Crippen LogP contribution in [0, 0.1) is 0 Å². The third-order valence-electron chi connectivity index (χ3n) is 2.77. The average molecular weight is 236 g/mol. The number of aromatic nitrogens is 1. The highest BCUT2D eigenvalue weighted by molar-refractivity contribution is 7.22. The third-order valence-corrected chi connectivity index (χ3v) is 3.72. The summed E-state index contributed by atoms with van der Waals surface area (Å²) in [5, 5.41) is 13.7. The molecule has 16 heavy (non-hydrogen) atoms. The van der Waals surface area contributed by atoms with E-state index in [1.165, 1.54) is 0 Å². The smallest absolute Gasteiger partial charge is 0.184 e. The van der Waals surface area contributed by atoms with Crippen molar-refractivity contribution >= 4 is 26.7 Å². The van der Waals surface area contributed by atoms with Gasteiger partial charge in [0.2, 0.25) is 0 Å². The molecule has 86 valence electrons. The molecule has 1 aromatic heterocycles. The molecular weight excluding hydrogens is 220 g/mol. The van der Waals surface area contributed by atoms with Crippen molar-refractivity contribution in [2.45, 2.75) is 32.4 Å². The van der Waals surface area contributed by atoms with Gasteiger partial charge in [-0.1, -0.05) is 23.5 Å². The molecule has 0 spiro atoms. The van der Waals surface area contributed by atoms with E-state index in [-0.39, 0.29) is 5.54 Å². The van der Waals surface area contributed by atoms with Crippen molar-refractivity contribution in [1.82, 2.24) is 4.98 Å². The minimum Gasteiger partial charge on any atom is -0.391 e. The first-order valence-electron chi connectivity index (χ1n) is 5.31. The van der Waals surface area contributed by atoms with E-state index >= 15 is 0 Å². The Morgan fingerprint density at radius 2 is 2.06 bits per heavy atom. The van der Waals surface area contributed by atoms with Crippen LogP contribution in [0.15, 0.2) is 24.3 Å². The molecule has 2 rings (SSSR count). The second-order valence-corrected chi connectivity index (χ2v) is 5.54. The summed E-state index contributed by atoms with van der Waals surface area (Å²) in [4.78, 5) is 4.48. The Bertz CT molecular complexity index is 457. The standard InChI is InChI=1S/C12H16N2OS/c1-8(15)12(2,3)14-11-13-9-6-4-5-7-10(9)16-11/h4-8,15H,1-3H3,(H,13,14). The quantitative estimate of drug-likeness (QED) is 0.861. The van der Waals surface area contributed by atoms with Gasteiger partial charge in [-0.2, -0.15) is 0 Å². The van der Waals surface area contributed by atoms with Gasteiger partial charge >= 0.3 is 0 Å². The molecule has 0 saturated heterocycles. The summed E-state index contributed by atoms with van der Waals surface area (Å²) >= 11 is 1.61. The molecule has 0 aliphatic carbocycles. The lowest BCUT2D eigenvalue weighted by Crippen LogP contribution is -2.41. The van der Waals surface area contributed by atoms with Crippen LogP contribution in [-0.2, 0) is 0 Å². The Balaban J connectivity index is 2.28. The fourth-order valence-corrected chi connectivity index (χ4v) is 2.34. The van der Waals surface area contributed by atoms with Crippen molar-refractivity contribution in [2.75, 3.05) is 5.32 Å². The van der Waals surface area contributed by atoms with E-state index in [9.17, 15) is 5.11 Å². The van der Waals surface area contributed by atoms with Crippen molar-refractivity contribution in [2.24, 2.45) is 0 Å².